The Morgan fingerprint density at radius 3 is 1.50 bits per heavy atom. The van der Waals surface area contributed by atoms with Crippen molar-refractivity contribution in [1.29, 1.82) is 0 Å². The minimum atomic E-state index is -0.783. The van der Waals surface area contributed by atoms with Crippen molar-refractivity contribution < 1.29 is 19.2 Å². The highest BCUT2D eigenvalue weighted by Crippen LogP contribution is 2.33. The summed E-state index contributed by atoms with van der Waals surface area (Å²) in [6, 6.07) is 17.9. The van der Waals surface area contributed by atoms with E-state index in [1.807, 2.05) is 0 Å². The van der Waals surface area contributed by atoms with Gasteiger partial charge >= 0.3 is 0 Å². The Morgan fingerprint density at radius 1 is 0.656 bits per heavy atom. The van der Waals surface area contributed by atoms with Gasteiger partial charge in [0.05, 0.1) is 4.48 Å². The van der Waals surface area contributed by atoms with E-state index >= 15 is 0 Å². The van der Waals surface area contributed by atoms with Crippen LogP contribution in [0, 0.1) is 0 Å². The first-order valence-corrected chi connectivity index (χ1v) is 10.8. The third-order valence-corrected chi connectivity index (χ3v) is 6.09. The molecular weight excluding hydrogens is 517 g/mol. The van der Waals surface area contributed by atoms with Crippen molar-refractivity contribution in [3.05, 3.63) is 115 Å². The van der Waals surface area contributed by atoms with Crippen LogP contribution < -0.4 is 0 Å². The lowest BCUT2D eigenvalue weighted by Crippen LogP contribution is -2.41. The highest BCUT2D eigenvalue weighted by atomic mass is 79.9. The summed E-state index contributed by atoms with van der Waals surface area (Å²) in [4.78, 5) is 54.0. The van der Waals surface area contributed by atoms with Crippen molar-refractivity contribution in [2.45, 2.75) is 0 Å². The van der Waals surface area contributed by atoms with Crippen LogP contribution in [0.4, 0.5) is 0 Å². The lowest BCUT2D eigenvalue weighted by molar-refractivity contribution is 0.0642. The second-order valence-corrected chi connectivity index (χ2v) is 8.49. The number of carbonyl (C=O) groups is 4. The second-order valence-electron chi connectivity index (χ2n) is 6.83. The van der Waals surface area contributed by atoms with Gasteiger partial charge in [-0.1, -0.05) is 47.5 Å². The molecule has 32 heavy (non-hydrogen) atoms. The summed E-state index contributed by atoms with van der Waals surface area (Å²) in [7, 11) is 0. The number of benzene rings is 3. The highest BCUT2D eigenvalue weighted by Gasteiger charge is 2.39. The molecule has 0 spiro atoms. The Labute approximate surface area is 201 Å². The van der Waals surface area contributed by atoms with Gasteiger partial charge in [0.15, 0.2) is 0 Å². The molecule has 5 nitrogen and oxygen atoms in total. The lowest BCUT2D eigenvalue weighted by atomic mass is 9.91. The van der Waals surface area contributed by atoms with Crippen LogP contribution in [-0.4, -0.2) is 28.3 Å². The largest absolute Gasteiger partial charge is 0.288 e. The molecule has 0 fully saturated rings. The number of hydrogen-bond donors (Lipinski definition) is 0. The fourth-order valence-electron chi connectivity index (χ4n) is 3.27. The number of amides is 2. The van der Waals surface area contributed by atoms with Crippen LogP contribution in [0.2, 0.25) is 10.0 Å². The van der Waals surface area contributed by atoms with Gasteiger partial charge in [-0.25, -0.2) is 4.90 Å². The van der Waals surface area contributed by atoms with E-state index in [4.69, 9.17) is 23.2 Å². The molecule has 8 heteroatoms. The predicted molar refractivity (Wildman–Crippen MR) is 124 cm³/mol. The molecule has 3 aromatic carbocycles. The number of carbonyl (C=O) groups excluding carboxylic acids is 4. The fraction of sp³-hybridized carbons (Fsp3) is 0. The van der Waals surface area contributed by atoms with E-state index in [0.29, 0.717) is 14.9 Å². The van der Waals surface area contributed by atoms with Crippen LogP contribution in [0.3, 0.4) is 0 Å². The van der Waals surface area contributed by atoms with Crippen molar-refractivity contribution in [3.63, 3.8) is 0 Å². The van der Waals surface area contributed by atoms with Crippen LogP contribution in [-0.2, 0) is 0 Å². The first-order chi connectivity index (χ1) is 15.3. The third kappa shape index (κ3) is 3.93. The number of ketones is 2. The molecule has 0 atom stereocenters. The maximum atomic E-state index is 13.5. The van der Waals surface area contributed by atoms with Crippen molar-refractivity contribution >= 4 is 62.5 Å². The smallest absolute Gasteiger partial charge is 0.265 e. The molecule has 0 radical (unpaired) electrons. The fourth-order valence-corrected chi connectivity index (χ4v) is 4.09. The molecule has 0 saturated heterocycles. The van der Waals surface area contributed by atoms with E-state index in [2.05, 4.69) is 15.9 Å². The number of Topliss-reactive ketones (excluding diaryl/α,β-unsaturated/α-hetero) is 2. The molecule has 0 aromatic heterocycles. The van der Waals surface area contributed by atoms with Crippen molar-refractivity contribution in [2.24, 2.45) is 0 Å². The van der Waals surface area contributed by atoms with Crippen LogP contribution in [0.1, 0.15) is 41.4 Å². The van der Waals surface area contributed by atoms with Gasteiger partial charge in [-0.05, 0) is 64.5 Å². The number of halogens is 3. The summed E-state index contributed by atoms with van der Waals surface area (Å²) in [6.45, 7) is 0. The summed E-state index contributed by atoms with van der Waals surface area (Å²) >= 11 is 15.0. The molecule has 0 unspecified atom stereocenters. The molecular formula is C24H12BrCl2NO4. The number of imide groups is 1. The van der Waals surface area contributed by atoms with E-state index in [1.54, 1.807) is 12.1 Å². The van der Waals surface area contributed by atoms with Crippen LogP contribution in [0.15, 0.2) is 83.0 Å². The number of nitrogens with zero attached hydrogens (tertiary/aromatic N) is 1. The van der Waals surface area contributed by atoms with Crippen LogP contribution in [0.5, 0.6) is 0 Å². The summed E-state index contributed by atoms with van der Waals surface area (Å²) < 4.78 is -0.175. The molecule has 0 bridgehead atoms. The minimum absolute atomic E-state index is 0.105. The van der Waals surface area contributed by atoms with E-state index in [9.17, 15) is 19.2 Å². The van der Waals surface area contributed by atoms with E-state index < -0.39 is 23.4 Å². The Balaban J connectivity index is 1.90. The van der Waals surface area contributed by atoms with E-state index in [0.717, 1.165) is 0 Å². The van der Waals surface area contributed by atoms with Crippen LogP contribution >= 0.6 is 39.1 Å². The minimum Gasteiger partial charge on any atom is -0.288 e. The highest BCUT2D eigenvalue weighted by molar-refractivity contribution is 9.12. The zero-order chi connectivity index (χ0) is 23.0. The monoisotopic (exact) mass is 527 g/mol. The molecule has 2 amide bonds. The van der Waals surface area contributed by atoms with Gasteiger partial charge in [0.1, 0.15) is 5.70 Å². The van der Waals surface area contributed by atoms with Crippen LogP contribution in [0.25, 0.3) is 0 Å². The van der Waals surface area contributed by atoms with Gasteiger partial charge in [0.2, 0.25) is 11.6 Å². The Bertz CT molecular complexity index is 1260. The SMILES string of the molecule is O=C1C(Br)=C(N(C(=O)c2ccc(Cl)cc2)C(=O)c2ccc(Cl)cc2)C(=O)c2ccccc21. The lowest BCUT2D eigenvalue weighted by Gasteiger charge is -2.27. The molecule has 1 aliphatic carbocycles. The zero-order valence-corrected chi connectivity index (χ0v) is 19.2. The number of allylic oxidation sites excluding steroid dienone is 2. The summed E-state index contributed by atoms with van der Waals surface area (Å²) in [6.07, 6.45) is 0. The standard InChI is InChI=1S/C24H12BrCl2NO4/c25-19-20(22(30)18-4-2-1-3-17(18)21(19)29)28(23(31)13-5-9-15(26)10-6-13)24(32)14-7-11-16(27)12-8-14/h1-12H. The topological polar surface area (TPSA) is 71.5 Å². The molecule has 0 saturated carbocycles. The molecule has 1 aliphatic rings. The summed E-state index contributed by atoms with van der Waals surface area (Å²) in [5.41, 5.74) is 0.167. The van der Waals surface area contributed by atoms with Crippen molar-refractivity contribution in [3.8, 4) is 0 Å². The number of hydrogen-bond acceptors (Lipinski definition) is 4. The summed E-state index contributed by atoms with van der Waals surface area (Å²) in [5, 5.41) is 0.797. The molecule has 0 N–H and O–H groups in total. The first kappa shape index (κ1) is 22.1. The normalized spacial score (nSPS) is 13.1. The summed E-state index contributed by atoms with van der Waals surface area (Å²) in [5.74, 6) is -2.70. The maximum Gasteiger partial charge on any atom is 0.265 e. The molecule has 4 rings (SSSR count). The Morgan fingerprint density at radius 2 is 1.06 bits per heavy atom. The van der Waals surface area contributed by atoms with E-state index in [-0.39, 0.29) is 32.4 Å². The van der Waals surface area contributed by atoms with Gasteiger partial charge in [0.25, 0.3) is 11.8 Å². The van der Waals surface area contributed by atoms with Gasteiger partial charge in [-0.2, -0.15) is 0 Å². The molecule has 0 heterocycles. The maximum absolute atomic E-state index is 13.5. The molecule has 0 aliphatic heterocycles. The average molecular weight is 529 g/mol. The molecule has 158 valence electrons. The number of fused-ring (bicyclic) bond motifs is 1. The van der Waals surface area contributed by atoms with Gasteiger partial charge in [0, 0.05) is 32.3 Å². The second kappa shape index (κ2) is 8.82. The van der Waals surface area contributed by atoms with Gasteiger partial charge < -0.3 is 0 Å². The van der Waals surface area contributed by atoms with Gasteiger partial charge in [-0.3, -0.25) is 19.2 Å². The average Bonchev–Trinajstić information content (AvgIpc) is 2.80. The quantitative estimate of drug-likeness (QED) is 0.393. The number of rotatable bonds is 3. The van der Waals surface area contributed by atoms with E-state index in [1.165, 1.54) is 60.7 Å². The Kier molecular flexibility index (Phi) is 6.11. The third-order valence-electron chi connectivity index (χ3n) is 4.85. The first-order valence-electron chi connectivity index (χ1n) is 9.27. The van der Waals surface area contributed by atoms with Crippen molar-refractivity contribution in [1.82, 2.24) is 4.90 Å². The van der Waals surface area contributed by atoms with Gasteiger partial charge in [-0.15, -0.1) is 0 Å². The zero-order valence-electron chi connectivity index (χ0n) is 16.1. The molecule has 3 aromatic rings. The predicted octanol–water partition coefficient (Wildman–Crippen LogP) is 5.96. The van der Waals surface area contributed by atoms with Crippen molar-refractivity contribution in [2.75, 3.05) is 0 Å². The Hall–Kier alpha value is -3.06.